The van der Waals surface area contributed by atoms with Crippen LogP contribution >= 0.6 is 0 Å². The van der Waals surface area contributed by atoms with Crippen molar-refractivity contribution in [3.05, 3.63) is 64.7 Å². The summed E-state index contributed by atoms with van der Waals surface area (Å²) in [5.41, 5.74) is 6.89. The van der Waals surface area contributed by atoms with Crippen molar-refractivity contribution in [3.63, 3.8) is 0 Å². The van der Waals surface area contributed by atoms with Crippen LogP contribution in [0.2, 0.25) is 0 Å². The van der Waals surface area contributed by atoms with Crippen LogP contribution in [0.3, 0.4) is 0 Å². The fraction of sp³-hybridized carbons (Fsp3) is 0.250. The molecule has 1 heteroatoms. The van der Waals surface area contributed by atoms with Crippen LogP contribution in [0.1, 0.15) is 28.3 Å². The van der Waals surface area contributed by atoms with E-state index in [9.17, 15) is 0 Å². The molecule has 0 amide bonds. The third-order valence-electron chi connectivity index (χ3n) is 3.51. The molecule has 1 heterocycles. The summed E-state index contributed by atoms with van der Waals surface area (Å²) in [6, 6.07) is 15.7. The predicted molar refractivity (Wildman–Crippen MR) is 72.4 cm³/mol. The minimum absolute atomic E-state index is 0.437. The van der Waals surface area contributed by atoms with Crippen molar-refractivity contribution in [3.8, 4) is 0 Å². The van der Waals surface area contributed by atoms with Gasteiger partial charge in [0.25, 0.3) is 0 Å². The maximum atomic E-state index is 3.65. The Morgan fingerprint density at radius 1 is 1.06 bits per heavy atom. The lowest BCUT2D eigenvalue weighted by atomic mass is 10.0. The molecule has 1 unspecified atom stereocenters. The highest BCUT2D eigenvalue weighted by atomic mass is 15.0. The van der Waals surface area contributed by atoms with Crippen LogP contribution in [0.5, 0.6) is 0 Å². The zero-order chi connectivity index (χ0) is 11.8. The van der Waals surface area contributed by atoms with Crippen molar-refractivity contribution >= 4 is 5.69 Å². The highest BCUT2D eigenvalue weighted by Gasteiger charge is 2.23. The van der Waals surface area contributed by atoms with Crippen molar-refractivity contribution < 1.29 is 0 Å². The van der Waals surface area contributed by atoms with E-state index in [1.807, 2.05) is 0 Å². The van der Waals surface area contributed by atoms with Crippen LogP contribution in [0.4, 0.5) is 5.69 Å². The van der Waals surface area contributed by atoms with Gasteiger partial charge >= 0.3 is 0 Å². The van der Waals surface area contributed by atoms with E-state index < -0.39 is 0 Å². The van der Waals surface area contributed by atoms with E-state index in [-0.39, 0.29) is 0 Å². The van der Waals surface area contributed by atoms with Crippen molar-refractivity contribution in [1.29, 1.82) is 0 Å². The third kappa shape index (κ3) is 1.82. The van der Waals surface area contributed by atoms with E-state index in [2.05, 4.69) is 61.6 Å². The van der Waals surface area contributed by atoms with Gasteiger partial charge in [-0.05, 0) is 37.0 Å². The van der Waals surface area contributed by atoms with Gasteiger partial charge in [0.1, 0.15) is 0 Å². The minimum atomic E-state index is 0.437. The summed E-state index contributed by atoms with van der Waals surface area (Å²) in [5, 5.41) is 3.65. The first-order valence-electron chi connectivity index (χ1n) is 6.15. The molecule has 0 fully saturated rings. The van der Waals surface area contributed by atoms with Gasteiger partial charge in [-0.1, -0.05) is 48.0 Å². The summed E-state index contributed by atoms with van der Waals surface area (Å²) in [4.78, 5) is 0. The maximum Gasteiger partial charge on any atom is 0.0555 e. The Bertz CT molecular complexity index is 543. The lowest BCUT2D eigenvalue weighted by molar-refractivity contribution is 0.824. The molecule has 0 radical (unpaired) electrons. The molecule has 0 aromatic heterocycles. The predicted octanol–water partition coefficient (Wildman–Crippen LogP) is 4.01. The molecule has 1 N–H and O–H groups in total. The Hall–Kier alpha value is -1.76. The average Bonchev–Trinajstić information content (AvgIpc) is 2.74. The Morgan fingerprint density at radius 3 is 2.59 bits per heavy atom. The summed E-state index contributed by atoms with van der Waals surface area (Å²) in [6.07, 6.45) is 1.10. The molecule has 1 aliphatic rings. The highest BCUT2D eigenvalue weighted by molar-refractivity contribution is 5.64. The second-order valence-electron chi connectivity index (χ2n) is 4.93. The summed E-state index contributed by atoms with van der Waals surface area (Å²) in [6.45, 7) is 4.36. The highest BCUT2D eigenvalue weighted by Crippen LogP contribution is 2.36. The molecule has 86 valence electrons. The van der Waals surface area contributed by atoms with Gasteiger partial charge in [-0.25, -0.2) is 0 Å². The zero-order valence-electron chi connectivity index (χ0n) is 10.3. The van der Waals surface area contributed by atoms with Crippen molar-refractivity contribution in [2.24, 2.45) is 0 Å². The quantitative estimate of drug-likeness (QED) is 0.770. The van der Waals surface area contributed by atoms with E-state index in [1.54, 1.807) is 0 Å². The fourth-order valence-electron chi connectivity index (χ4n) is 2.75. The van der Waals surface area contributed by atoms with Crippen LogP contribution in [0.15, 0.2) is 42.5 Å². The molecule has 17 heavy (non-hydrogen) atoms. The van der Waals surface area contributed by atoms with Gasteiger partial charge in [-0.15, -0.1) is 0 Å². The fourth-order valence-corrected chi connectivity index (χ4v) is 2.75. The van der Waals surface area contributed by atoms with Crippen molar-refractivity contribution in [1.82, 2.24) is 0 Å². The van der Waals surface area contributed by atoms with Gasteiger partial charge in [0.15, 0.2) is 0 Å². The van der Waals surface area contributed by atoms with E-state index in [0.717, 1.165) is 6.42 Å². The third-order valence-corrected chi connectivity index (χ3v) is 3.51. The second-order valence-corrected chi connectivity index (χ2v) is 4.93. The van der Waals surface area contributed by atoms with E-state index in [0.29, 0.717) is 6.04 Å². The Balaban J connectivity index is 1.96. The maximum absolute atomic E-state index is 3.65. The van der Waals surface area contributed by atoms with Gasteiger partial charge in [-0.2, -0.15) is 0 Å². The first-order valence-corrected chi connectivity index (χ1v) is 6.15. The summed E-state index contributed by atoms with van der Waals surface area (Å²) in [5.74, 6) is 0. The SMILES string of the molecule is Cc1cc(C)c2c(c1)CC(c1ccccc1)N2. The van der Waals surface area contributed by atoms with Gasteiger partial charge in [-0.3, -0.25) is 0 Å². The first-order chi connectivity index (χ1) is 8.24. The Labute approximate surface area is 102 Å². The molecule has 1 atom stereocenters. The van der Waals surface area contributed by atoms with Crippen LogP contribution in [-0.4, -0.2) is 0 Å². The molecule has 3 rings (SSSR count). The smallest absolute Gasteiger partial charge is 0.0555 e. The van der Waals surface area contributed by atoms with Crippen molar-refractivity contribution in [2.75, 3.05) is 5.32 Å². The largest absolute Gasteiger partial charge is 0.377 e. The lowest BCUT2D eigenvalue weighted by Crippen LogP contribution is -2.05. The number of nitrogens with one attached hydrogen (secondary N) is 1. The molecule has 2 aromatic rings. The van der Waals surface area contributed by atoms with E-state index in [4.69, 9.17) is 0 Å². The Kier molecular flexibility index (Phi) is 2.40. The molecule has 1 nitrogen and oxygen atoms in total. The molecule has 0 spiro atoms. The molecule has 1 aliphatic heterocycles. The Morgan fingerprint density at radius 2 is 1.82 bits per heavy atom. The number of hydrogen-bond acceptors (Lipinski definition) is 1. The van der Waals surface area contributed by atoms with Crippen LogP contribution in [0.25, 0.3) is 0 Å². The van der Waals surface area contributed by atoms with Crippen LogP contribution < -0.4 is 5.32 Å². The zero-order valence-corrected chi connectivity index (χ0v) is 10.3. The van der Waals surface area contributed by atoms with Gasteiger partial charge in [0.2, 0.25) is 0 Å². The van der Waals surface area contributed by atoms with Gasteiger partial charge < -0.3 is 5.32 Å². The normalized spacial score (nSPS) is 17.6. The van der Waals surface area contributed by atoms with Gasteiger partial charge in [0.05, 0.1) is 6.04 Å². The first kappa shape index (κ1) is 10.4. The standard InChI is InChI=1S/C16H17N/c1-11-8-12(2)16-14(9-11)10-15(17-16)13-6-4-3-5-7-13/h3-9,15,17H,10H2,1-2H3. The summed E-state index contributed by atoms with van der Waals surface area (Å²) < 4.78 is 0. The van der Waals surface area contributed by atoms with Crippen LogP contribution in [-0.2, 0) is 6.42 Å². The number of anilines is 1. The molecule has 2 aromatic carbocycles. The number of benzene rings is 2. The molecular formula is C16H17N. The van der Waals surface area contributed by atoms with E-state index in [1.165, 1.54) is 27.9 Å². The second kappa shape index (κ2) is 3.92. The molecular weight excluding hydrogens is 206 g/mol. The minimum Gasteiger partial charge on any atom is -0.377 e. The van der Waals surface area contributed by atoms with Crippen LogP contribution in [0, 0.1) is 13.8 Å². The van der Waals surface area contributed by atoms with Crippen molar-refractivity contribution in [2.45, 2.75) is 26.3 Å². The topological polar surface area (TPSA) is 12.0 Å². The monoisotopic (exact) mass is 223 g/mol. The summed E-state index contributed by atoms with van der Waals surface area (Å²) in [7, 11) is 0. The molecule has 0 aliphatic carbocycles. The van der Waals surface area contributed by atoms with Gasteiger partial charge in [0, 0.05) is 5.69 Å². The number of aryl methyl sites for hydroxylation is 2. The number of fused-ring (bicyclic) bond motifs is 1. The van der Waals surface area contributed by atoms with E-state index >= 15 is 0 Å². The number of rotatable bonds is 1. The molecule has 0 saturated heterocycles. The summed E-state index contributed by atoms with van der Waals surface area (Å²) >= 11 is 0. The lowest BCUT2D eigenvalue weighted by Gasteiger charge is -2.12. The molecule has 0 saturated carbocycles. The average molecular weight is 223 g/mol. The molecule has 0 bridgehead atoms. The number of hydrogen-bond donors (Lipinski definition) is 1.